The average Bonchev–Trinajstić information content (AvgIpc) is 2.40. The van der Waals surface area contributed by atoms with Gasteiger partial charge in [-0.1, -0.05) is 6.92 Å². The molecule has 3 nitrogen and oxygen atoms in total. The van der Waals surface area contributed by atoms with Crippen LogP contribution in [0.3, 0.4) is 0 Å². The maximum absolute atomic E-state index is 10.9. The number of sulfone groups is 1. The third-order valence-corrected chi connectivity index (χ3v) is 4.08. The van der Waals surface area contributed by atoms with E-state index < -0.39 is 14.6 Å². The van der Waals surface area contributed by atoms with E-state index in [1.807, 2.05) is 6.07 Å². The number of nitrogens with zero attached hydrogens (tertiary/aromatic N) is 1. The molecular formula is C6H9NO2S. The van der Waals surface area contributed by atoms with Crippen molar-refractivity contribution >= 4 is 9.84 Å². The molecule has 0 N–H and O–H groups in total. The van der Waals surface area contributed by atoms with Crippen molar-refractivity contribution in [2.24, 2.45) is 5.92 Å². The largest absolute Gasteiger partial charge is 0.227 e. The van der Waals surface area contributed by atoms with Crippen LogP contribution < -0.4 is 0 Å². The van der Waals surface area contributed by atoms with Crippen molar-refractivity contribution in [2.75, 3.05) is 6.26 Å². The van der Waals surface area contributed by atoms with Gasteiger partial charge in [-0.3, -0.25) is 0 Å². The molecule has 10 heavy (non-hydrogen) atoms. The highest BCUT2D eigenvalue weighted by molar-refractivity contribution is 7.92. The van der Waals surface area contributed by atoms with Crippen LogP contribution in [0.5, 0.6) is 0 Å². The lowest BCUT2D eigenvalue weighted by atomic mass is 10.4. The van der Waals surface area contributed by atoms with E-state index in [-0.39, 0.29) is 5.92 Å². The first kappa shape index (κ1) is 7.55. The summed E-state index contributed by atoms with van der Waals surface area (Å²) in [5, 5.41) is 8.53. The quantitative estimate of drug-likeness (QED) is 0.554. The topological polar surface area (TPSA) is 57.9 Å². The zero-order chi connectivity index (χ0) is 7.99. The Kier molecular flexibility index (Phi) is 1.30. The van der Waals surface area contributed by atoms with E-state index in [9.17, 15) is 8.42 Å². The van der Waals surface area contributed by atoms with Crippen molar-refractivity contribution in [3.05, 3.63) is 0 Å². The first-order valence-corrected chi connectivity index (χ1v) is 4.94. The van der Waals surface area contributed by atoms with E-state index in [0.717, 1.165) is 6.26 Å². The average molecular weight is 159 g/mol. The Morgan fingerprint density at radius 2 is 2.10 bits per heavy atom. The van der Waals surface area contributed by atoms with Crippen LogP contribution in [-0.2, 0) is 9.84 Å². The number of hydrogen-bond donors (Lipinski definition) is 0. The Balaban J connectivity index is 3.05. The zero-order valence-electron chi connectivity index (χ0n) is 5.96. The monoisotopic (exact) mass is 159 g/mol. The third-order valence-electron chi connectivity index (χ3n) is 2.10. The van der Waals surface area contributed by atoms with Gasteiger partial charge in [-0.05, 0) is 12.3 Å². The molecule has 0 aromatic carbocycles. The fourth-order valence-corrected chi connectivity index (χ4v) is 2.60. The lowest BCUT2D eigenvalue weighted by Crippen LogP contribution is -2.21. The van der Waals surface area contributed by atoms with Gasteiger partial charge < -0.3 is 0 Å². The van der Waals surface area contributed by atoms with Gasteiger partial charge >= 0.3 is 0 Å². The minimum Gasteiger partial charge on any atom is -0.227 e. The molecule has 1 rings (SSSR count). The van der Waals surface area contributed by atoms with Crippen LogP contribution in [0.2, 0.25) is 0 Å². The molecule has 2 atom stereocenters. The van der Waals surface area contributed by atoms with Gasteiger partial charge in [0.25, 0.3) is 0 Å². The maximum atomic E-state index is 10.9. The highest BCUT2D eigenvalue weighted by Gasteiger charge is 2.60. The molecule has 1 aliphatic rings. The van der Waals surface area contributed by atoms with E-state index in [1.165, 1.54) is 0 Å². The third kappa shape index (κ3) is 0.739. The van der Waals surface area contributed by atoms with Crippen LogP contribution in [-0.4, -0.2) is 19.4 Å². The Hall–Kier alpha value is -0.560. The van der Waals surface area contributed by atoms with Gasteiger partial charge in [0.2, 0.25) is 0 Å². The highest BCUT2D eigenvalue weighted by atomic mass is 32.2. The second-order valence-corrected chi connectivity index (χ2v) is 5.15. The summed E-state index contributed by atoms with van der Waals surface area (Å²) >= 11 is 0. The van der Waals surface area contributed by atoms with Crippen LogP contribution >= 0.6 is 0 Å². The Morgan fingerprint density at radius 1 is 1.70 bits per heavy atom. The van der Waals surface area contributed by atoms with Gasteiger partial charge in [0.1, 0.15) is 0 Å². The summed E-state index contributed by atoms with van der Waals surface area (Å²) in [6.45, 7) is 1.78. The van der Waals surface area contributed by atoms with Gasteiger partial charge in [0, 0.05) is 6.26 Å². The van der Waals surface area contributed by atoms with Crippen molar-refractivity contribution in [3.63, 3.8) is 0 Å². The minimum atomic E-state index is -3.15. The summed E-state index contributed by atoms with van der Waals surface area (Å²) in [4.78, 5) is 0. The second kappa shape index (κ2) is 1.73. The summed E-state index contributed by atoms with van der Waals surface area (Å²) in [5.41, 5.74) is 0. The molecule has 0 heterocycles. The SMILES string of the molecule is CC1CC1(C#N)S(C)(=O)=O. The zero-order valence-corrected chi connectivity index (χ0v) is 6.77. The fraction of sp³-hybridized carbons (Fsp3) is 0.833. The van der Waals surface area contributed by atoms with Crippen molar-refractivity contribution in [3.8, 4) is 6.07 Å². The van der Waals surface area contributed by atoms with Gasteiger partial charge in [-0.15, -0.1) is 0 Å². The van der Waals surface area contributed by atoms with Crippen molar-refractivity contribution < 1.29 is 8.42 Å². The minimum absolute atomic E-state index is 0.0208. The smallest absolute Gasteiger partial charge is 0.166 e. The molecule has 1 aliphatic carbocycles. The van der Waals surface area contributed by atoms with Crippen LogP contribution in [0.25, 0.3) is 0 Å². The predicted molar refractivity (Wildman–Crippen MR) is 37.0 cm³/mol. The maximum Gasteiger partial charge on any atom is 0.166 e. The van der Waals surface area contributed by atoms with Crippen molar-refractivity contribution in [2.45, 2.75) is 18.1 Å². The first-order valence-electron chi connectivity index (χ1n) is 3.05. The molecule has 56 valence electrons. The summed E-state index contributed by atoms with van der Waals surface area (Å²) < 4.78 is 20.8. The summed E-state index contributed by atoms with van der Waals surface area (Å²) in [6.07, 6.45) is 1.63. The lowest BCUT2D eigenvalue weighted by Gasteiger charge is -2.01. The molecule has 0 saturated heterocycles. The summed E-state index contributed by atoms with van der Waals surface area (Å²) in [6, 6.07) is 1.85. The van der Waals surface area contributed by atoms with E-state index in [0.29, 0.717) is 6.42 Å². The Bertz CT molecular complexity index is 287. The molecule has 0 aliphatic heterocycles. The Labute approximate surface area is 60.6 Å². The first-order chi connectivity index (χ1) is 4.44. The molecule has 4 heteroatoms. The van der Waals surface area contributed by atoms with Gasteiger partial charge in [0.05, 0.1) is 6.07 Å². The number of nitriles is 1. The molecule has 1 fully saturated rings. The van der Waals surface area contributed by atoms with Gasteiger partial charge in [-0.2, -0.15) is 5.26 Å². The normalized spacial score (nSPS) is 38.7. The van der Waals surface area contributed by atoms with Crippen LogP contribution in [0, 0.1) is 17.2 Å². The van der Waals surface area contributed by atoms with Crippen molar-refractivity contribution in [1.82, 2.24) is 0 Å². The molecular weight excluding hydrogens is 150 g/mol. The van der Waals surface area contributed by atoms with Crippen LogP contribution in [0.15, 0.2) is 0 Å². The summed E-state index contributed by atoms with van der Waals surface area (Å²) in [7, 11) is -3.15. The van der Waals surface area contributed by atoms with E-state index in [1.54, 1.807) is 6.92 Å². The molecule has 0 amide bonds. The van der Waals surface area contributed by atoms with Crippen LogP contribution in [0.4, 0.5) is 0 Å². The molecule has 0 bridgehead atoms. The van der Waals surface area contributed by atoms with E-state index >= 15 is 0 Å². The van der Waals surface area contributed by atoms with Gasteiger partial charge in [-0.25, -0.2) is 8.42 Å². The van der Waals surface area contributed by atoms with Gasteiger partial charge in [0.15, 0.2) is 14.6 Å². The van der Waals surface area contributed by atoms with Crippen LogP contribution in [0.1, 0.15) is 13.3 Å². The second-order valence-electron chi connectivity index (χ2n) is 2.88. The number of rotatable bonds is 1. The summed E-state index contributed by atoms with van der Waals surface area (Å²) in [5.74, 6) is 0.0208. The molecule has 1 saturated carbocycles. The van der Waals surface area contributed by atoms with Crippen molar-refractivity contribution in [1.29, 1.82) is 5.26 Å². The van der Waals surface area contributed by atoms with E-state index in [4.69, 9.17) is 5.26 Å². The molecule has 0 spiro atoms. The molecule has 2 unspecified atom stereocenters. The molecule has 0 radical (unpaired) electrons. The molecule has 0 aromatic rings. The highest BCUT2D eigenvalue weighted by Crippen LogP contribution is 2.48. The Morgan fingerprint density at radius 3 is 2.10 bits per heavy atom. The molecule has 0 aromatic heterocycles. The standard InChI is InChI=1S/C6H9NO2S/c1-5-3-6(5,4-7)10(2,8)9/h5H,3H2,1-2H3. The fourth-order valence-electron chi connectivity index (χ4n) is 1.15. The van der Waals surface area contributed by atoms with E-state index in [2.05, 4.69) is 0 Å². The lowest BCUT2D eigenvalue weighted by molar-refractivity contribution is 0.591. The number of hydrogen-bond acceptors (Lipinski definition) is 3. The predicted octanol–water partition coefficient (Wildman–Crippen LogP) is 0.333.